The molecule has 1 heterocycles. The topological polar surface area (TPSA) is 93.3 Å². The predicted octanol–water partition coefficient (Wildman–Crippen LogP) is 2.70. The van der Waals surface area contributed by atoms with Gasteiger partial charge in [-0.1, -0.05) is 0 Å². The number of nitrogens with zero attached hydrogens (tertiary/aromatic N) is 2. The summed E-state index contributed by atoms with van der Waals surface area (Å²) in [5.41, 5.74) is 1.61. The third-order valence-electron chi connectivity index (χ3n) is 2.84. The number of carbonyl (C=O) groups is 1. The van der Waals surface area contributed by atoms with Crippen LogP contribution in [0.2, 0.25) is 0 Å². The SMILES string of the molecule is Cc1cnc(CSC(C)(C)C(=O)O)c(C)c1[N+](=O)[O-]. The Kier molecular flexibility index (Phi) is 4.52. The second-order valence-electron chi connectivity index (χ2n) is 4.72. The molecule has 0 saturated heterocycles. The summed E-state index contributed by atoms with van der Waals surface area (Å²) in [6.45, 7) is 6.47. The van der Waals surface area contributed by atoms with E-state index in [4.69, 9.17) is 5.11 Å². The highest BCUT2D eigenvalue weighted by Crippen LogP contribution is 2.31. The summed E-state index contributed by atoms with van der Waals surface area (Å²) in [7, 11) is 0. The Morgan fingerprint density at radius 1 is 1.53 bits per heavy atom. The van der Waals surface area contributed by atoms with Gasteiger partial charge in [-0.2, -0.15) is 0 Å². The Balaban J connectivity index is 3.01. The van der Waals surface area contributed by atoms with Crippen molar-refractivity contribution < 1.29 is 14.8 Å². The van der Waals surface area contributed by atoms with Gasteiger partial charge in [-0.3, -0.25) is 19.9 Å². The Labute approximate surface area is 115 Å². The van der Waals surface area contributed by atoms with Crippen molar-refractivity contribution in [3.8, 4) is 0 Å². The van der Waals surface area contributed by atoms with E-state index in [1.165, 1.54) is 18.0 Å². The number of hydrogen-bond acceptors (Lipinski definition) is 5. The average Bonchev–Trinajstić information content (AvgIpc) is 2.27. The van der Waals surface area contributed by atoms with Crippen LogP contribution >= 0.6 is 11.8 Å². The summed E-state index contributed by atoms with van der Waals surface area (Å²) in [4.78, 5) is 25.7. The summed E-state index contributed by atoms with van der Waals surface area (Å²) in [5.74, 6) is -0.594. The van der Waals surface area contributed by atoms with Crippen LogP contribution < -0.4 is 0 Å². The maximum atomic E-state index is 11.0. The van der Waals surface area contributed by atoms with Crippen LogP contribution in [0.1, 0.15) is 30.7 Å². The molecule has 0 fully saturated rings. The number of carboxylic acid groups (broad SMARTS) is 1. The van der Waals surface area contributed by atoms with E-state index in [1.807, 2.05) is 0 Å². The molecule has 0 unspecified atom stereocenters. The van der Waals surface area contributed by atoms with Gasteiger partial charge in [-0.05, 0) is 27.7 Å². The van der Waals surface area contributed by atoms with E-state index in [9.17, 15) is 14.9 Å². The van der Waals surface area contributed by atoms with E-state index >= 15 is 0 Å². The molecule has 0 atom stereocenters. The van der Waals surface area contributed by atoms with Crippen LogP contribution in [0.5, 0.6) is 0 Å². The third-order valence-corrected chi connectivity index (χ3v) is 4.16. The molecule has 0 amide bonds. The standard InChI is InChI=1S/C12H16N2O4S/c1-7-5-13-9(8(2)10(7)14(17)18)6-19-12(3,4)11(15)16/h5H,6H2,1-4H3,(H,15,16). The Morgan fingerprint density at radius 3 is 2.58 bits per heavy atom. The van der Waals surface area contributed by atoms with Crippen LogP contribution in [0, 0.1) is 24.0 Å². The molecule has 1 N–H and O–H groups in total. The Bertz CT molecular complexity index is 529. The van der Waals surface area contributed by atoms with Gasteiger partial charge in [0.05, 0.1) is 10.6 Å². The predicted molar refractivity (Wildman–Crippen MR) is 73.4 cm³/mol. The van der Waals surface area contributed by atoms with Crippen LogP contribution in [-0.4, -0.2) is 25.7 Å². The summed E-state index contributed by atoms with van der Waals surface area (Å²) in [6.07, 6.45) is 1.45. The zero-order valence-electron chi connectivity index (χ0n) is 11.3. The molecule has 19 heavy (non-hydrogen) atoms. The van der Waals surface area contributed by atoms with Crippen molar-refractivity contribution in [1.29, 1.82) is 0 Å². The van der Waals surface area contributed by atoms with E-state index < -0.39 is 15.6 Å². The van der Waals surface area contributed by atoms with E-state index in [2.05, 4.69) is 4.98 Å². The first-order valence-electron chi connectivity index (χ1n) is 5.63. The van der Waals surface area contributed by atoms with E-state index in [0.29, 0.717) is 22.6 Å². The first-order valence-corrected chi connectivity index (χ1v) is 6.62. The van der Waals surface area contributed by atoms with Crippen LogP contribution in [0.25, 0.3) is 0 Å². The molecular formula is C12H16N2O4S. The highest BCUT2D eigenvalue weighted by Gasteiger charge is 2.28. The largest absolute Gasteiger partial charge is 0.480 e. The van der Waals surface area contributed by atoms with E-state index in [0.717, 1.165) is 0 Å². The van der Waals surface area contributed by atoms with Crippen molar-refractivity contribution in [1.82, 2.24) is 4.98 Å². The molecule has 0 spiro atoms. The maximum absolute atomic E-state index is 11.0. The molecule has 1 aromatic heterocycles. The number of aromatic nitrogens is 1. The van der Waals surface area contributed by atoms with Crippen molar-refractivity contribution in [3.63, 3.8) is 0 Å². The molecule has 0 aliphatic heterocycles. The lowest BCUT2D eigenvalue weighted by atomic mass is 10.1. The van der Waals surface area contributed by atoms with Gasteiger partial charge in [0.15, 0.2) is 0 Å². The highest BCUT2D eigenvalue weighted by atomic mass is 32.2. The average molecular weight is 284 g/mol. The van der Waals surface area contributed by atoms with Gasteiger partial charge in [-0.25, -0.2) is 0 Å². The molecular weight excluding hydrogens is 268 g/mol. The lowest BCUT2D eigenvalue weighted by molar-refractivity contribution is -0.386. The first-order chi connectivity index (χ1) is 8.66. The van der Waals surface area contributed by atoms with Crippen molar-refractivity contribution >= 4 is 23.4 Å². The first kappa shape index (κ1) is 15.4. The summed E-state index contributed by atoms with van der Waals surface area (Å²) in [5, 5.41) is 20.0. The van der Waals surface area contributed by atoms with Crippen molar-refractivity contribution in [2.24, 2.45) is 0 Å². The number of aryl methyl sites for hydroxylation is 1. The number of aliphatic carboxylic acids is 1. The van der Waals surface area contributed by atoms with Gasteiger partial charge < -0.3 is 5.11 Å². The van der Waals surface area contributed by atoms with Crippen molar-refractivity contribution in [2.45, 2.75) is 38.2 Å². The Hall–Kier alpha value is -1.63. The molecule has 0 bridgehead atoms. The van der Waals surface area contributed by atoms with Crippen LogP contribution in [0.15, 0.2) is 6.20 Å². The number of rotatable bonds is 5. The zero-order valence-corrected chi connectivity index (χ0v) is 12.1. The molecule has 0 aliphatic rings. The van der Waals surface area contributed by atoms with Crippen molar-refractivity contribution in [3.05, 3.63) is 33.1 Å². The normalized spacial score (nSPS) is 11.4. The van der Waals surface area contributed by atoms with Crippen LogP contribution in [-0.2, 0) is 10.5 Å². The van der Waals surface area contributed by atoms with Crippen LogP contribution in [0.4, 0.5) is 5.69 Å². The molecule has 0 saturated carbocycles. The molecule has 1 rings (SSSR count). The second-order valence-corrected chi connectivity index (χ2v) is 6.32. The van der Waals surface area contributed by atoms with Gasteiger partial charge in [0.2, 0.25) is 0 Å². The smallest absolute Gasteiger partial charge is 0.319 e. The van der Waals surface area contributed by atoms with Gasteiger partial charge in [-0.15, -0.1) is 11.8 Å². The quantitative estimate of drug-likeness (QED) is 0.660. The maximum Gasteiger partial charge on any atom is 0.319 e. The minimum absolute atomic E-state index is 0.0544. The zero-order chi connectivity index (χ0) is 14.8. The van der Waals surface area contributed by atoms with Crippen molar-refractivity contribution in [2.75, 3.05) is 0 Å². The lowest BCUT2D eigenvalue weighted by Crippen LogP contribution is -2.27. The lowest BCUT2D eigenvalue weighted by Gasteiger charge is -2.18. The van der Waals surface area contributed by atoms with Gasteiger partial charge in [0.25, 0.3) is 5.69 Å². The number of hydrogen-bond donors (Lipinski definition) is 1. The molecule has 7 heteroatoms. The molecule has 1 aromatic rings. The third kappa shape index (κ3) is 3.44. The fourth-order valence-corrected chi connectivity index (χ4v) is 2.41. The molecule has 0 aliphatic carbocycles. The summed E-state index contributed by atoms with van der Waals surface area (Å²) < 4.78 is -0.951. The van der Waals surface area contributed by atoms with Gasteiger partial charge in [0, 0.05) is 23.1 Å². The van der Waals surface area contributed by atoms with E-state index in [1.54, 1.807) is 27.7 Å². The molecule has 104 valence electrons. The number of pyridine rings is 1. The molecule has 0 radical (unpaired) electrons. The summed E-state index contributed by atoms with van der Waals surface area (Å²) in [6, 6.07) is 0. The monoisotopic (exact) mass is 284 g/mol. The fourth-order valence-electron chi connectivity index (χ4n) is 1.50. The number of nitro groups is 1. The molecule has 0 aromatic carbocycles. The number of thioether (sulfide) groups is 1. The minimum atomic E-state index is -0.951. The van der Waals surface area contributed by atoms with Crippen LogP contribution in [0.3, 0.4) is 0 Å². The molecule has 6 nitrogen and oxygen atoms in total. The van der Waals surface area contributed by atoms with E-state index in [-0.39, 0.29) is 5.69 Å². The fraction of sp³-hybridized carbons (Fsp3) is 0.500. The Morgan fingerprint density at radius 2 is 2.11 bits per heavy atom. The van der Waals surface area contributed by atoms with Gasteiger partial charge in [0.1, 0.15) is 4.75 Å². The van der Waals surface area contributed by atoms with Gasteiger partial charge >= 0.3 is 5.97 Å². The summed E-state index contributed by atoms with van der Waals surface area (Å²) >= 11 is 1.20. The highest BCUT2D eigenvalue weighted by molar-refractivity contribution is 8.00. The minimum Gasteiger partial charge on any atom is -0.480 e. The number of carboxylic acids is 1. The second kappa shape index (κ2) is 5.56.